The van der Waals surface area contributed by atoms with Crippen molar-refractivity contribution in [2.45, 2.75) is 13.5 Å². The standard InChI is InChI=1S/C17H19Cl2NO3/c1-2-22-17-9-12(3-6-16(17)23-8-7-21)11-20-13-4-5-14(18)15(19)10-13/h3-6,9-10,20-21H,2,7-8,11H2,1H3. The minimum absolute atomic E-state index is 0.0355. The van der Waals surface area contributed by atoms with E-state index in [9.17, 15) is 0 Å². The number of anilines is 1. The van der Waals surface area contributed by atoms with Crippen LogP contribution in [0.2, 0.25) is 10.0 Å². The van der Waals surface area contributed by atoms with E-state index in [1.54, 1.807) is 12.1 Å². The fourth-order valence-electron chi connectivity index (χ4n) is 2.02. The van der Waals surface area contributed by atoms with Gasteiger partial charge in [-0.1, -0.05) is 29.3 Å². The molecule has 0 saturated carbocycles. The molecule has 0 aliphatic rings. The van der Waals surface area contributed by atoms with Gasteiger partial charge in [0.2, 0.25) is 0 Å². The van der Waals surface area contributed by atoms with Crippen LogP contribution >= 0.6 is 23.2 Å². The maximum atomic E-state index is 8.86. The van der Waals surface area contributed by atoms with Crippen molar-refractivity contribution in [3.05, 3.63) is 52.0 Å². The van der Waals surface area contributed by atoms with Gasteiger partial charge in [-0.3, -0.25) is 0 Å². The van der Waals surface area contributed by atoms with Crippen molar-refractivity contribution in [1.29, 1.82) is 0 Å². The fraction of sp³-hybridized carbons (Fsp3) is 0.294. The Balaban J connectivity index is 2.06. The summed E-state index contributed by atoms with van der Waals surface area (Å²) in [6, 6.07) is 11.1. The number of benzene rings is 2. The van der Waals surface area contributed by atoms with Gasteiger partial charge in [0, 0.05) is 12.2 Å². The Morgan fingerprint density at radius 1 is 1.00 bits per heavy atom. The van der Waals surface area contributed by atoms with E-state index in [1.165, 1.54) is 0 Å². The van der Waals surface area contributed by atoms with Crippen LogP contribution < -0.4 is 14.8 Å². The maximum absolute atomic E-state index is 8.86. The van der Waals surface area contributed by atoms with E-state index in [2.05, 4.69) is 5.32 Å². The van der Waals surface area contributed by atoms with Gasteiger partial charge in [0.1, 0.15) is 6.61 Å². The number of aliphatic hydroxyl groups excluding tert-OH is 1. The predicted octanol–water partition coefficient (Wildman–Crippen LogP) is 4.38. The van der Waals surface area contributed by atoms with Crippen molar-refractivity contribution < 1.29 is 14.6 Å². The SMILES string of the molecule is CCOc1cc(CNc2ccc(Cl)c(Cl)c2)ccc1OCCO. The molecule has 0 atom stereocenters. The highest BCUT2D eigenvalue weighted by molar-refractivity contribution is 6.42. The number of nitrogens with one attached hydrogen (secondary N) is 1. The third-order valence-corrected chi connectivity index (χ3v) is 3.81. The highest BCUT2D eigenvalue weighted by atomic mass is 35.5. The molecule has 2 aromatic carbocycles. The molecular weight excluding hydrogens is 337 g/mol. The van der Waals surface area contributed by atoms with Crippen LogP contribution in [0, 0.1) is 0 Å². The summed E-state index contributed by atoms with van der Waals surface area (Å²) >= 11 is 11.9. The first-order valence-electron chi connectivity index (χ1n) is 7.32. The molecule has 0 fully saturated rings. The van der Waals surface area contributed by atoms with E-state index in [-0.39, 0.29) is 13.2 Å². The second-order valence-electron chi connectivity index (χ2n) is 4.77. The highest BCUT2D eigenvalue weighted by Gasteiger charge is 2.07. The van der Waals surface area contributed by atoms with Gasteiger partial charge in [-0.05, 0) is 42.8 Å². The van der Waals surface area contributed by atoms with Crippen molar-refractivity contribution >= 4 is 28.9 Å². The Morgan fingerprint density at radius 2 is 1.83 bits per heavy atom. The highest BCUT2D eigenvalue weighted by Crippen LogP contribution is 2.29. The van der Waals surface area contributed by atoms with Gasteiger partial charge in [0.05, 0.1) is 23.3 Å². The van der Waals surface area contributed by atoms with Gasteiger partial charge in [-0.2, -0.15) is 0 Å². The number of aliphatic hydroxyl groups is 1. The molecule has 0 radical (unpaired) electrons. The molecule has 0 aliphatic heterocycles. The summed E-state index contributed by atoms with van der Waals surface area (Å²) in [6.45, 7) is 3.26. The summed E-state index contributed by atoms with van der Waals surface area (Å²) in [7, 11) is 0. The summed E-state index contributed by atoms with van der Waals surface area (Å²) in [5, 5.41) is 13.2. The Bertz CT molecular complexity index is 650. The molecule has 0 bridgehead atoms. The average molecular weight is 356 g/mol. The van der Waals surface area contributed by atoms with Gasteiger partial charge >= 0.3 is 0 Å². The third-order valence-electron chi connectivity index (χ3n) is 3.07. The van der Waals surface area contributed by atoms with Crippen molar-refractivity contribution in [2.75, 3.05) is 25.1 Å². The first kappa shape index (κ1) is 17.7. The van der Waals surface area contributed by atoms with E-state index < -0.39 is 0 Å². The van der Waals surface area contributed by atoms with Crippen LogP contribution in [-0.2, 0) is 6.54 Å². The summed E-state index contributed by atoms with van der Waals surface area (Å²) in [4.78, 5) is 0. The smallest absolute Gasteiger partial charge is 0.161 e. The van der Waals surface area contributed by atoms with Crippen molar-refractivity contribution in [3.8, 4) is 11.5 Å². The van der Waals surface area contributed by atoms with Gasteiger partial charge in [-0.25, -0.2) is 0 Å². The number of rotatable bonds is 8. The first-order valence-corrected chi connectivity index (χ1v) is 8.08. The largest absolute Gasteiger partial charge is 0.490 e. The van der Waals surface area contributed by atoms with Crippen LogP contribution in [0.15, 0.2) is 36.4 Å². The normalized spacial score (nSPS) is 10.4. The molecule has 0 amide bonds. The second kappa shape index (κ2) is 8.87. The summed E-state index contributed by atoms with van der Waals surface area (Å²) in [5.41, 5.74) is 1.92. The van der Waals surface area contributed by atoms with E-state index in [0.717, 1.165) is 11.3 Å². The van der Waals surface area contributed by atoms with Crippen LogP contribution in [0.25, 0.3) is 0 Å². The molecule has 6 heteroatoms. The van der Waals surface area contributed by atoms with Crippen LogP contribution in [0.1, 0.15) is 12.5 Å². The zero-order valence-electron chi connectivity index (χ0n) is 12.8. The molecule has 0 heterocycles. The molecule has 4 nitrogen and oxygen atoms in total. The first-order chi connectivity index (χ1) is 11.1. The number of ether oxygens (including phenoxy) is 2. The van der Waals surface area contributed by atoms with Crippen molar-refractivity contribution in [1.82, 2.24) is 0 Å². The lowest BCUT2D eigenvalue weighted by Crippen LogP contribution is -2.05. The van der Waals surface area contributed by atoms with Gasteiger partial charge in [-0.15, -0.1) is 0 Å². The Kier molecular flexibility index (Phi) is 6.84. The average Bonchev–Trinajstić information content (AvgIpc) is 2.55. The quantitative estimate of drug-likeness (QED) is 0.737. The summed E-state index contributed by atoms with van der Waals surface area (Å²) in [6.07, 6.45) is 0. The monoisotopic (exact) mass is 355 g/mol. The molecule has 2 aromatic rings. The Morgan fingerprint density at radius 3 is 2.52 bits per heavy atom. The molecule has 0 spiro atoms. The van der Waals surface area contributed by atoms with Crippen molar-refractivity contribution in [3.63, 3.8) is 0 Å². The molecule has 23 heavy (non-hydrogen) atoms. The minimum Gasteiger partial charge on any atom is -0.490 e. The Hall–Kier alpha value is -1.62. The number of hydrogen-bond donors (Lipinski definition) is 2. The van der Waals surface area contributed by atoms with Crippen LogP contribution in [-0.4, -0.2) is 24.9 Å². The van der Waals surface area contributed by atoms with E-state index in [0.29, 0.717) is 34.7 Å². The summed E-state index contributed by atoms with van der Waals surface area (Å²) in [5.74, 6) is 1.29. The van der Waals surface area contributed by atoms with Crippen LogP contribution in [0.5, 0.6) is 11.5 Å². The molecule has 0 aromatic heterocycles. The summed E-state index contributed by atoms with van der Waals surface area (Å²) < 4.78 is 11.0. The van der Waals surface area contributed by atoms with Gasteiger partial charge < -0.3 is 19.9 Å². The lowest BCUT2D eigenvalue weighted by atomic mass is 10.2. The fourth-order valence-corrected chi connectivity index (χ4v) is 2.31. The molecule has 0 aliphatic carbocycles. The predicted molar refractivity (Wildman–Crippen MR) is 94.0 cm³/mol. The maximum Gasteiger partial charge on any atom is 0.161 e. The molecule has 0 unspecified atom stereocenters. The Labute approximate surface area is 145 Å². The lowest BCUT2D eigenvalue weighted by Gasteiger charge is -2.13. The number of hydrogen-bond acceptors (Lipinski definition) is 4. The zero-order valence-corrected chi connectivity index (χ0v) is 14.3. The van der Waals surface area contributed by atoms with Gasteiger partial charge in [0.15, 0.2) is 11.5 Å². The minimum atomic E-state index is -0.0355. The lowest BCUT2D eigenvalue weighted by molar-refractivity contribution is 0.194. The molecule has 2 N–H and O–H groups in total. The van der Waals surface area contributed by atoms with Crippen LogP contribution in [0.3, 0.4) is 0 Å². The molecule has 124 valence electrons. The zero-order chi connectivity index (χ0) is 16.7. The second-order valence-corrected chi connectivity index (χ2v) is 5.58. The number of halogens is 2. The molecular formula is C17H19Cl2NO3. The van der Waals surface area contributed by atoms with Gasteiger partial charge in [0.25, 0.3) is 0 Å². The van der Waals surface area contributed by atoms with Crippen LogP contribution in [0.4, 0.5) is 5.69 Å². The topological polar surface area (TPSA) is 50.7 Å². The van der Waals surface area contributed by atoms with E-state index >= 15 is 0 Å². The van der Waals surface area contributed by atoms with Crippen molar-refractivity contribution in [2.24, 2.45) is 0 Å². The van der Waals surface area contributed by atoms with E-state index in [1.807, 2.05) is 31.2 Å². The molecule has 0 saturated heterocycles. The van der Waals surface area contributed by atoms with E-state index in [4.69, 9.17) is 37.8 Å². The molecule has 2 rings (SSSR count). The third kappa shape index (κ3) is 5.20.